The second kappa shape index (κ2) is 6.08. The third kappa shape index (κ3) is 3.29. The van der Waals surface area contributed by atoms with Crippen molar-refractivity contribution in [1.82, 2.24) is 4.98 Å². The minimum Gasteiger partial charge on any atom is -0.457 e. The average Bonchev–Trinajstić information content (AvgIpc) is 2.99. The molecule has 3 nitrogen and oxygen atoms in total. The van der Waals surface area contributed by atoms with Gasteiger partial charge in [-0.05, 0) is 43.3 Å². The first-order valence-electron chi connectivity index (χ1n) is 6.77. The Bertz CT molecular complexity index is 705. The zero-order valence-corrected chi connectivity index (χ0v) is 12.5. The summed E-state index contributed by atoms with van der Waals surface area (Å²) in [6, 6.07) is 17.6. The van der Waals surface area contributed by atoms with E-state index < -0.39 is 0 Å². The van der Waals surface area contributed by atoms with Crippen LogP contribution in [0.1, 0.15) is 18.0 Å². The minimum atomic E-state index is -0.0237. The van der Waals surface area contributed by atoms with E-state index in [1.165, 1.54) is 0 Å². The molecule has 0 aliphatic rings. The Hall–Kier alpha value is -2.17. The van der Waals surface area contributed by atoms with Crippen LogP contribution in [0.4, 0.5) is 0 Å². The van der Waals surface area contributed by atoms with Crippen LogP contribution in [0.2, 0.25) is 0 Å². The van der Waals surface area contributed by atoms with E-state index in [2.05, 4.69) is 4.98 Å². The van der Waals surface area contributed by atoms with Crippen LogP contribution in [0, 0.1) is 0 Å². The smallest absolute Gasteiger partial charge is 0.127 e. The topological polar surface area (TPSA) is 48.1 Å². The molecule has 1 atom stereocenters. The molecule has 0 radical (unpaired) electrons. The van der Waals surface area contributed by atoms with Crippen LogP contribution in [-0.2, 0) is 0 Å². The molecule has 0 saturated heterocycles. The number of nitrogens with zero attached hydrogens (tertiary/aromatic N) is 1. The first-order chi connectivity index (χ1) is 10.2. The standard InChI is InChI=1S/C17H16N2OS/c1-12(18)17-19-16(11-21-17)13-7-9-15(10-8-13)20-14-5-3-2-4-6-14/h2-12H,18H2,1H3. The summed E-state index contributed by atoms with van der Waals surface area (Å²) in [6.45, 7) is 1.94. The number of benzene rings is 2. The van der Waals surface area contributed by atoms with Crippen molar-refractivity contribution in [3.63, 3.8) is 0 Å². The molecule has 0 aliphatic carbocycles. The number of ether oxygens (including phenoxy) is 1. The summed E-state index contributed by atoms with van der Waals surface area (Å²) in [5, 5.41) is 2.99. The Morgan fingerprint density at radius 1 is 1.00 bits per heavy atom. The molecule has 0 amide bonds. The van der Waals surface area contributed by atoms with E-state index in [9.17, 15) is 0 Å². The summed E-state index contributed by atoms with van der Waals surface area (Å²) < 4.78 is 5.77. The van der Waals surface area contributed by atoms with Gasteiger partial charge in [-0.1, -0.05) is 18.2 Å². The Kier molecular flexibility index (Phi) is 3.99. The van der Waals surface area contributed by atoms with E-state index in [1.807, 2.05) is 66.9 Å². The normalized spacial score (nSPS) is 12.1. The molecule has 0 aliphatic heterocycles. The lowest BCUT2D eigenvalue weighted by atomic mass is 10.2. The minimum absolute atomic E-state index is 0.0237. The van der Waals surface area contributed by atoms with E-state index in [4.69, 9.17) is 10.5 Å². The second-order valence-corrected chi connectivity index (χ2v) is 5.69. The molecule has 3 rings (SSSR count). The third-order valence-corrected chi connectivity index (χ3v) is 4.09. The summed E-state index contributed by atoms with van der Waals surface area (Å²) >= 11 is 1.59. The number of nitrogens with two attached hydrogens (primary N) is 1. The number of thiazole rings is 1. The fourth-order valence-corrected chi connectivity index (χ4v) is 2.73. The Balaban J connectivity index is 1.77. The monoisotopic (exact) mass is 296 g/mol. The van der Waals surface area contributed by atoms with Gasteiger partial charge >= 0.3 is 0 Å². The fourth-order valence-electron chi connectivity index (χ4n) is 1.95. The zero-order valence-electron chi connectivity index (χ0n) is 11.7. The van der Waals surface area contributed by atoms with Gasteiger partial charge in [-0.15, -0.1) is 11.3 Å². The summed E-state index contributed by atoms with van der Waals surface area (Å²) in [5.74, 6) is 1.64. The van der Waals surface area contributed by atoms with Gasteiger partial charge in [0.15, 0.2) is 0 Å². The highest BCUT2D eigenvalue weighted by Gasteiger charge is 2.08. The fraction of sp³-hybridized carbons (Fsp3) is 0.118. The average molecular weight is 296 g/mol. The number of aromatic nitrogens is 1. The molecule has 106 valence electrons. The predicted molar refractivity (Wildman–Crippen MR) is 86.7 cm³/mol. The number of hydrogen-bond donors (Lipinski definition) is 1. The zero-order chi connectivity index (χ0) is 14.7. The van der Waals surface area contributed by atoms with Gasteiger partial charge in [-0.3, -0.25) is 0 Å². The molecule has 4 heteroatoms. The lowest BCUT2D eigenvalue weighted by Gasteiger charge is -2.05. The van der Waals surface area contributed by atoms with Crippen molar-refractivity contribution < 1.29 is 4.74 Å². The molecule has 1 unspecified atom stereocenters. The second-order valence-electron chi connectivity index (χ2n) is 4.80. The van der Waals surface area contributed by atoms with Crippen LogP contribution in [0.3, 0.4) is 0 Å². The molecule has 0 fully saturated rings. The van der Waals surface area contributed by atoms with E-state index >= 15 is 0 Å². The molecule has 21 heavy (non-hydrogen) atoms. The van der Waals surface area contributed by atoms with Gasteiger partial charge in [-0.2, -0.15) is 0 Å². The highest BCUT2D eigenvalue weighted by Crippen LogP contribution is 2.27. The highest BCUT2D eigenvalue weighted by molar-refractivity contribution is 7.10. The number of hydrogen-bond acceptors (Lipinski definition) is 4. The Morgan fingerprint density at radius 3 is 2.29 bits per heavy atom. The molecule has 2 N–H and O–H groups in total. The maximum Gasteiger partial charge on any atom is 0.127 e. The van der Waals surface area contributed by atoms with Gasteiger partial charge in [0.2, 0.25) is 0 Å². The van der Waals surface area contributed by atoms with Crippen molar-refractivity contribution in [3.05, 3.63) is 65.0 Å². The maximum absolute atomic E-state index is 5.84. The van der Waals surface area contributed by atoms with Crippen molar-refractivity contribution in [2.45, 2.75) is 13.0 Å². The third-order valence-electron chi connectivity index (χ3n) is 3.04. The van der Waals surface area contributed by atoms with Gasteiger partial charge in [0, 0.05) is 10.9 Å². The molecule has 0 bridgehead atoms. The van der Waals surface area contributed by atoms with E-state index in [0.29, 0.717) is 0 Å². The maximum atomic E-state index is 5.84. The van der Waals surface area contributed by atoms with Crippen molar-refractivity contribution in [2.75, 3.05) is 0 Å². The molecule has 0 spiro atoms. The van der Waals surface area contributed by atoms with Gasteiger partial charge < -0.3 is 10.5 Å². The van der Waals surface area contributed by atoms with Crippen molar-refractivity contribution >= 4 is 11.3 Å². The Morgan fingerprint density at radius 2 is 1.67 bits per heavy atom. The van der Waals surface area contributed by atoms with Crippen LogP contribution in [0.15, 0.2) is 60.0 Å². The summed E-state index contributed by atoms with van der Waals surface area (Å²) in [5.41, 5.74) is 7.87. The largest absolute Gasteiger partial charge is 0.457 e. The van der Waals surface area contributed by atoms with Crippen LogP contribution in [0.25, 0.3) is 11.3 Å². The SMILES string of the molecule is CC(N)c1nc(-c2ccc(Oc3ccccc3)cc2)cs1. The lowest BCUT2D eigenvalue weighted by Crippen LogP contribution is -2.03. The highest BCUT2D eigenvalue weighted by atomic mass is 32.1. The summed E-state index contributed by atoms with van der Waals surface area (Å²) in [6.07, 6.45) is 0. The van der Waals surface area contributed by atoms with E-state index in [0.717, 1.165) is 27.8 Å². The Labute approximate surface area is 128 Å². The summed E-state index contributed by atoms with van der Waals surface area (Å²) in [7, 11) is 0. The molecular weight excluding hydrogens is 280 g/mol. The quantitative estimate of drug-likeness (QED) is 0.764. The van der Waals surface area contributed by atoms with Crippen molar-refractivity contribution in [2.24, 2.45) is 5.73 Å². The molecule has 2 aromatic carbocycles. The van der Waals surface area contributed by atoms with Gasteiger partial charge in [-0.25, -0.2) is 4.98 Å². The molecule has 1 heterocycles. The lowest BCUT2D eigenvalue weighted by molar-refractivity contribution is 0.483. The van der Waals surface area contributed by atoms with Gasteiger partial charge in [0.25, 0.3) is 0 Å². The summed E-state index contributed by atoms with van der Waals surface area (Å²) in [4.78, 5) is 4.55. The number of rotatable bonds is 4. The van der Waals surface area contributed by atoms with Gasteiger partial charge in [0.05, 0.1) is 11.7 Å². The van der Waals surface area contributed by atoms with Crippen LogP contribution in [-0.4, -0.2) is 4.98 Å². The van der Waals surface area contributed by atoms with Crippen LogP contribution in [0.5, 0.6) is 11.5 Å². The van der Waals surface area contributed by atoms with Crippen molar-refractivity contribution in [1.29, 1.82) is 0 Å². The van der Waals surface area contributed by atoms with Crippen LogP contribution < -0.4 is 10.5 Å². The molecular formula is C17H16N2OS. The molecule has 3 aromatic rings. The van der Waals surface area contributed by atoms with Crippen LogP contribution >= 0.6 is 11.3 Å². The molecule has 1 aromatic heterocycles. The predicted octanol–water partition coefficient (Wildman–Crippen LogP) is 4.62. The van der Waals surface area contributed by atoms with Crippen molar-refractivity contribution in [3.8, 4) is 22.8 Å². The molecule has 0 saturated carbocycles. The van der Waals surface area contributed by atoms with E-state index in [-0.39, 0.29) is 6.04 Å². The first kappa shape index (κ1) is 13.8. The van der Waals surface area contributed by atoms with E-state index in [1.54, 1.807) is 11.3 Å². The van der Waals surface area contributed by atoms with Gasteiger partial charge in [0.1, 0.15) is 16.5 Å². The first-order valence-corrected chi connectivity index (χ1v) is 7.65. The number of para-hydroxylation sites is 1.